The van der Waals surface area contributed by atoms with Gasteiger partial charge in [-0.2, -0.15) is 0 Å². The number of hydrogen-bond acceptors (Lipinski definition) is 4. The van der Waals surface area contributed by atoms with E-state index >= 15 is 0 Å². The third-order valence-electron chi connectivity index (χ3n) is 3.05. The topological polar surface area (TPSA) is 76.1 Å². The smallest absolute Gasteiger partial charge is 0.480 e. The van der Waals surface area contributed by atoms with Crippen LogP contribution in [0.25, 0.3) is 0 Å². The van der Waals surface area contributed by atoms with Crippen molar-refractivity contribution in [3.8, 4) is 5.75 Å². The number of aliphatic carboxylic acids is 1. The van der Waals surface area contributed by atoms with Crippen LogP contribution in [0.15, 0.2) is 24.3 Å². The number of para-hydroxylation sites is 1. The molecule has 0 saturated carbocycles. The third-order valence-corrected chi connectivity index (χ3v) is 3.05. The van der Waals surface area contributed by atoms with Gasteiger partial charge >= 0.3 is 18.4 Å². The average molecular weight is 363 g/mol. The molecule has 9 heteroatoms. The fourth-order valence-corrected chi connectivity index (χ4v) is 1.96. The molecule has 0 heterocycles. The van der Waals surface area contributed by atoms with Crippen molar-refractivity contribution < 1.29 is 37.3 Å². The highest BCUT2D eigenvalue weighted by Gasteiger charge is 2.34. The van der Waals surface area contributed by atoms with Gasteiger partial charge < -0.3 is 14.6 Å². The molecule has 6 nitrogen and oxygen atoms in total. The molecule has 0 fully saturated rings. The maximum absolute atomic E-state index is 12.5. The minimum absolute atomic E-state index is 0.00244. The second-order valence-corrected chi connectivity index (χ2v) is 6.30. The summed E-state index contributed by atoms with van der Waals surface area (Å²) >= 11 is 0. The summed E-state index contributed by atoms with van der Waals surface area (Å²) in [5.41, 5.74) is -0.839. The van der Waals surface area contributed by atoms with Crippen LogP contribution in [0.2, 0.25) is 0 Å². The fourth-order valence-electron chi connectivity index (χ4n) is 1.96. The van der Waals surface area contributed by atoms with Crippen molar-refractivity contribution in [1.29, 1.82) is 0 Å². The molecule has 140 valence electrons. The van der Waals surface area contributed by atoms with Gasteiger partial charge in [0, 0.05) is 13.5 Å². The molecule has 0 saturated heterocycles. The first-order valence-corrected chi connectivity index (χ1v) is 7.32. The van der Waals surface area contributed by atoms with Crippen molar-refractivity contribution in [3.63, 3.8) is 0 Å². The summed E-state index contributed by atoms with van der Waals surface area (Å²) in [6.45, 7) is 4.84. The Morgan fingerprint density at radius 1 is 1.20 bits per heavy atom. The maximum Gasteiger partial charge on any atom is 0.573 e. The molecule has 1 atom stereocenters. The second-order valence-electron chi connectivity index (χ2n) is 6.30. The van der Waals surface area contributed by atoms with E-state index in [1.807, 2.05) is 0 Å². The number of carboxylic acids is 1. The van der Waals surface area contributed by atoms with E-state index in [0.29, 0.717) is 0 Å². The summed E-state index contributed by atoms with van der Waals surface area (Å²) in [7, 11) is 1.21. The summed E-state index contributed by atoms with van der Waals surface area (Å²) in [5, 5.41) is 9.36. The van der Waals surface area contributed by atoms with Gasteiger partial charge in [-0.05, 0) is 32.4 Å². The monoisotopic (exact) mass is 363 g/mol. The first-order chi connectivity index (χ1) is 11.3. The van der Waals surface area contributed by atoms with Crippen molar-refractivity contribution in [2.75, 3.05) is 7.05 Å². The second kappa shape index (κ2) is 7.62. The molecule has 0 aliphatic rings. The number of hydrogen-bond donors (Lipinski definition) is 1. The molecular formula is C16H20F3NO5. The number of amides is 1. The van der Waals surface area contributed by atoms with Gasteiger partial charge in [0.15, 0.2) is 0 Å². The van der Waals surface area contributed by atoms with Gasteiger partial charge in [-0.25, -0.2) is 9.59 Å². The van der Waals surface area contributed by atoms with Gasteiger partial charge in [0.2, 0.25) is 0 Å². The van der Waals surface area contributed by atoms with Crippen LogP contribution in [0.3, 0.4) is 0 Å². The lowest BCUT2D eigenvalue weighted by atomic mass is 10.0. The van der Waals surface area contributed by atoms with E-state index < -0.39 is 35.8 Å². The van der Waals surface area contributed by atoms with Crippen LogP contribution >= 0.6 is 0 Å². The van der Waals surface area contributed by atoms with E-state index in [1.165, 1.54) is 25.2 Å². The third kappa shape index (κ3) is 6.90. The number of likely N-dealkylation sites (N-methyl/N-ethyl adjacent to an activating group) is 1. The summed E-state index contributed by atoms with van der Waals surface area (Å²) < 4.78 is 46.4. The summed E-state index contributed by atoms with van der Waals surface area (Å²) in [4.78, 5) is 24.4. The number of carboxylic acid groups (broad SMARTS) is 1. The molecule has 0 spiro atoms. The van der Waals surface area contributed by atoms with Crippen LogP contribution in [0.5, 0.6) is 5.75 Å². The molecule has 1 N–H and O–H groups in total. The predicted octanol–water partition coefficient (Wildman–Crippen LogP) is 3.45. The van der Waals surface area contributed by atoms with Crippen molar-refractivity contribution in [1.82, 2.24) is 4.90 Å². The Kier molecular flexibility index (Phi) is 6.28. The van der Waals surface area contributed by atoms with Crippen LogP contribution in [-0.4, -0.2) is 47.1 Å². The van der Waals surface area contributed by atoms with Gasteiger partial charge in [-0.3, -0.25) is 4.90 Å². The molecular weight excluding hydrogens is 343 g/mol. The summed E-state index contributed by atoms with van der Waals surface area (Å²) in [5.74, 6) is -1.89. The molecule has 0 aliphatic carbocycles. The van der Waals surface area contributed by atoms with Crippen molar-refractivity contribution >= 4 is 12.1 Å². The lowest BCUT2D eigenvalue weighted by molar-refractivity contribution is -0.274. The molecule has 25 heavy (non-hydrogen) atoms. The SMILES string of the molecule is CN(C(=O)OC(C)(C)C)[C@H](Cc1ccccc1OC(F)(F)F)C(=O)O. The lowest BCUT2D eigenvalue weighted by Crippen LogP contribution is -2.46. The zero-order valence-corrected chi connectivity index (χ0v) is 14.3. The highest BCUT2D eigenvalue weighted by Crippen LogP contribution is 2.28. The number of alkyl halides is 3. The average Bonchev–Trinajstić information content (AvgIpc) is 2.41. The Bertz CT molecular complexity index is 625. The predicted molar refractivity (Wildman–Crippen MR) is 82.2 cm³/mol. The van der Waals surface area contributed by atoms with Gasteiger partial charge in [-0.1, -0.05) is 18.2 Å². The van der Waals surface area contributed by atoms with Crippen LogP contribution in [0.1, 0.15) is 26.3 Å². The molecule has 0 unspecified atom stereocenters. The number of benzene rings is 1. The number of halogens is 3. The zero-order chi connectivity index (χ0) is 19.4. The Morgan fingerprint density at radius 2 is 1.76 bits per heavy atom. The Morgan fingerprint density at radius 3 is 2.24 bits per heavy atom. The highest BCUT2D eigenvalue weighted by atomic mass is 19.4. The first kappa shape index (κ1) is 20.6. The number of ether oxygens (including phenoxy) is 2. The van der Waals surface area contributed by atoms with Gasteiger partial charge in [0.05, 0.1) is 0 Å². The molecule has 0 bridgehead atoms. The maximum atomic E-state index is 12.5. The summed E-state index contributed by atoms with van der Waals surface area (Å²) in [6.07, 6.45) is -6.18. The molecule has 0 aromatic heterocycles. The van der Waals surface area contributed by atoms with Gasteiger partial charge in [0.1, 0.15) is 17.4 Å². The standard InChI is InChI=1S/C16H20F3NO5/c1-15(2,3)25-14(23)20(4)11(13(21)22)9-10-7-5-6-8-12(10)24-16(17,18)19/h5-8,11H,9H2,1-4H3,(H,21,22)/t11-/m1/s1. The number of carbonyl (C=O) groups is 2. The number of rotatable bonds is 5. The minimum Gasteiger partial charge on any atom is -0.480 e. The Hall–Kier alpha value is -2.45. The van der Waals surface area contributed by atoms with E-state index in [0.717, 1.165) is 11.0 Å². The van der Waals surface area contributed by atoms with Crippen molar-refractivity contribution in [2.24, 2.45) is 0 Å². The van der Waals surface area contributed by atoms with Crippen molar-refractivity contribution in [2.45, 2.75) is 45.2 Å². The van der Waals surface area contributed by atoms with Crippen LogP contribution in [-0.2, 0) is 16.0 Å². The number of carbonyl (C=O) groups excluding carboxylic acids is 1. The van der Waals surface area contributed by atoms with E-state index in [4.69, 9.17) is 4.74 Å². The Labute approximate surface area is 143 Å². The Balaban J connectivity index is 3.03. The van der Waals surface area contributed by atoms with Crippen LogP contribution < -0.4 is 4.74 Å². The molecule has 1 amide bonds. The quantitative estimate of drug-likeness (QED) is 0.867. The fraction of sp³-hybridized carbons (Fsp3) is 0.500. The van der Waals surface area contributed by atoms with E-state index in [9.17, 15) is 27.9 Å². The van der Waals surface area contributed by atoms with Crippen molar-refractivity contribution in [3.05, 3.63) is 29.8 Å². The zero-order valence-electron chi connectivity index (χ0n) is 14.3. The van der Waals surface area contributed by atoms with Gasteiger partial charge in [0.25, 0.3) is 0 Å². The molecule has 1 rings (SSSR count). The lowest BCUT2D eigenvalue weighted by Gasteiger charge is -2.29. The molecule has 1 aromatic rings. The van der Waals surface area contributed by atoms with Crippen LogP contribution in [0.4, 0.5) is 18.0 Å². The molecule has 0 radical (unpaired) electrons. The highest BCUT2D eigenvalue weighted by molar-refractivity contribution is 5.80. The van der Waals surface area contributed by atoms with E-state index in [2.05, 4.69) is 4.74 Å². The largest absolute Gasteiger partial charge is 0.573 e. The molecule has 1 aromatic carbocycles. The first-order valence-electron chi connectivity index (χ1n) is 7.32. The van der Waals surface area contributed by atoms with Crippen LogP contribution in [0, 0.1) is 0 Å². The van der Waals surface area contributed by atoms with Gasteiger partial charge in [-0.15, -0.1) is 13.2 Å². The molecule has 0 aliphatic heterocycles. The normalized spacial score (nSPS) is 13.1. The summed E-state index contributed by atoms with van der Waals surface area (Å²) in [6, 6.07) is 3.74. The van der Waals surface area contributed by atoms with E-state index in [-0.39, 0.29) is 12.0 Å². The number of nitrogens with zero attached hydrogens (tertiary/aromatic N) is 1. The van der Waals surface area contributed by atoms with E-state index in [1.54, 1.807) is 20.8 Å². The minimum atomic E-state index is -4.91.